The van der Waals surface area contributed by atoms with Crippen LogP contribution in [0, 0.1) is 5.82 Å². The topological polar surface area (TPSA) is 54.5 Å². The Morgan fingerprint density at radius 3 is 2.45 bits per heavy atom. The van der Waals surface area contributed by atoms with Crippen LogP contribution in [0.2, 0.25) is 5.02 Å². The molecule has 0 N–H and O–H groups in total. The molecule has 0 bridgehead atoms. The number of benzene rings is 1. The summed E-state index contributed by atoms with van der Waals surface area (Å²) in [5.74, 6) is -0.317. The predicted molar refractivity (Wildman–Crippen MR) is 77.6 cm³/mol. The van der Waals surface area contributed by atoms with E-state index in [0.29, 0.717) is 0 Å². The fourth-order valence-corrected chi connectivity index (χ4v) is 5.12. The maximum absolute atomic E-state index is 13.7. The van der Waals surface area contributed by atoms with Gasteiger partial charge in [0, 0.05) is 41.3 Å². The SMILES string of the molecule is O=S1CCN(S(=O)(=O)c2cc(F)c(Cl)c(CCl)c2)CC1. The van der Waals surface area contributed by atoms with Gasteiger partial charge in [-0.05, 0) is 17.7 Å². The fraction of sp³-hybridized carbons (Fsp3) is 0.455. The Kier molecular flexibility index (Phi) is 5.07. The van der Waals surface area contributed by atoms with Crippen molar-refractivity contribution in [2.75, 3.05) is 24.6 Å². The molecule has 112 valence electrons. The molecular weight excluding hydrogens is 348 g/mol. The van der Waals surface area contributed by atoms with E-state index in [-0.39, 0.29) is 46.0 Å². The van der Waals surface area contributed by atoms with Crippen LogP contribution in [0.5, 0.6) is 0 Å². The normalized spacial score (nSPS) is 18.4. The van der Waals surface area contributed by atoms with Gasteiger partial charge >= 0.3 is 0 Å². The van der Waals surface area contributed by atoms with Crippen molar-refractivity contribution in [2.45, 2.75) is 10.8 Å². The number of rotatable bonds is 3. The highest BCUT2D eigenvalue weighted by atomic mass is 35.5. The highest BCUT2D eigenvalue weighted by molar-refractivity contribution is 7.89. The van der Waals surface area contributed by atoms with E-state index in [1.807, 2.05) is 0 Å². The highest BCUT2D eigenvalue weighted by Gasteiger charge is 2.29. The van der Waals surface area contributed by atoms with Crippen LogP contribution in [-0.4, -0.2) is 41.5 Å². The van der Waals surface area contributed by atoms with Gasteiger partial charge in [0.2, 0.25) is 10.0 Å². The molecule has 1 aliphatic heterocycles. The van der Waals surface area contributed by atoms with E-state index in [4.69, 9.17) is 23.2 Å². The highest BCUT2D eigenvalue weighted by Crippen LogP contribution is 2.27. The van der Waals surface area contributed by atoms with Crippen molar-refractivity contribution in [1.29, 1.82) is 0 Å². The van der Waals surface area contributed by atoms with Crippen LogP contribution in [-0.2, 0) is 26.7 Å². The zero-order valence-electron chi connectivity index (χ0n) is 10.3. The zero-order valence-corrected chi connectivity index (χ0v) is 13.5. The minimum atomic E-state index is -3.82. The van der Waals surface area contributed by atoms with Gasteiger partial charge in [-0.25, -0.2) is 12.8 Å². The Balaban J connectivity index is 2.39. The third kappa shape index (κ3) is 3.17. The van der Waals surface area contributed by atoms with E-state index in [9.17, 15) is 17.0 Å². The molecule has 0 saturated carbocycles. The molecule has 9 heteroatoms. The van der Waals surface area contributed by atoms with E-state index in [1.165, 1.54) is 10.4 Å². The molecule has 0 aliphatic carbocycles. The quantitative estimate of drug-likeness (QED) is 0.775. The number of sulfonamides is 1. The molecule has 0 unspecified atom stereocenters. The standard InChI is InChI=1S/C11H12Cl2FNO3S2/c12-7-8-5-9(6-10(14)11(8)13)20(17,18)15-1-3-19(16)4-2-15/h5-6H,1-4,7H2. The molecule has 1 aliphatic rings. The molecule has 2 rings (SSSR count). The summed E-state index contributed by atoms with van der Waals surface area (Å²) in [6.45, 7) is 0.324. The summed E-state index contributed by atoms with van der Waals surface area (Å²) in [4.78, 5) is -0.178. The maximum Gasteiger partial charge on any atom is 0.243 e. The summed E-state index contributed by atoms with van der Waals surface area (Å²) in [7, 11) is -4.80. The molecule has 1 saturated heterocycles. The average Bonchev–Trinajstić information content (AvgIpc) is 2.42. The van der Waals surface area contributed by atoms with Crippen molar-refractivity contribution < 1.29 is 17.0 Å². The molecule has 0 radical (unpaired) electrons. The molecule has 0 aromatic heterocycles. The number of hydrogen-bond donors (Lipinski definition) is 0. The van der Waals surface area contributed by atoms with Gasteiger partial charge in [0.15, 0.2) is 0 Å². The van der Waals surface area contributed by atoms with Gasteiger partial charge in [0.1, 0.15) is 5.82 Å². The Morgan fingerprint density at radius 1 is 1.30 bits per heavy atom. The van der Waals surface area contributed by atoms with E-state index in [1.54, 1.807) is 0 Å². The van der Waals surface area contributed by atoms with E-state index in [2.05, 4.69) is 0 Å². The fourth-order valence-electron chi connectivity index (χ4n) is 1.88. The Hall–Kier alpha value is -0.210. The van der Waals surface area contributed by atoms with Gasteiger partial charge in [-0.3, -0.25) is 4.21 Å². The van der Waals surface area contributed by atoms with Crippen molar-refractivity contribution in [2.24, 2.45) is 0 Å². The summed E-state index contributed by atoms with van der Waals surface area (Å²) in [5.41, 5.74) is 0.229. The lowest BCUT2D eigenvalue weighted by Gasteiger charge is -2.25. The molecule has 1 heterocycles. The second kappa shape index (κ2) is 6.27. The molecule has 1 aromatic carbocycles. The summed E-state index contributed by atoms with van der Waals surface area (Å²) >= 11 is 11.3. The third-order valence-corrected chi connectivity index (χ3v) is 6.86. The van der Waals surface area contributed by atoms with Crippen molar-refractivity contribution in [3.8, 4) is 0 Å². The number of hydrogen-bond acceptors (Lipinski definition) is 3. The van der Waals surface area contributed by atoms with Crippen molar-refractivity contribution >= 4 is 44.0 Å². The first-order valence-corrected chi connectivity index (χ1v) is 9.59. The van der Waals surface area contributed by atoms with Crippen molar-refractivity contribution in [3.05, 3.63) is 28.5 Å². The van der Waals surface area contributed by atoms with Gasteiger partial charge in [-0.1, -0.05) is 11.6 Å². The molecule has 1 fully saturated rings. The molecule has 0 atom stereocenters. The first kappa shape index (κ1) is 16.2. The Labute approximate surface area is 129 Å². The number of nitrogens with zero attached hydrogens (tertiary/aromatic N) is 1. The van der Waals surface area contributed by atoms with Gasteiger partial charge in [0.25, 0.3) is 0 Å². The third-order valence-electron chi connectivity index (χ3n) is 3.00. The van der Waals surface area contributed by atoms with Gasteiger partial charge in [-0.2, -0.15) is 4.31 Å². The van der Waals surface area contributed by atoms with E-state index in [0.717, 1.165) is 6.07 Å². The molecule has 1 aromatic rings. The summed E-state index contributed by atoms with van der Waals surface area (Å²) in [5, 5.41) is -0.168. The van der Waals surface area contributed by atoms with Crippen LogP contribution in [0.1, 0.15) is 5.56 Å². The van der Waals surface area contributed by atoms with Gasteiger partial charge in [-0.15, -0.1) is 11.6 Å². The number of alkyl halides is 1. The molecular formula is C11H12Cl2FNO3S2. The minimum absolute atomic E-state index is 0.0802. The van der Waals surface area contributed by atoms with Crippen LogP contribution in [0.15, 0.2) is 17.0 Å². The smallest absolute Gasteiger partial charge is 0.243 e. The summed E-state index contributed by atoms with van der Waals surface area (Å²) in [6.07, 6.45) is 0. The lowest BCUT2D eigenvalue weighted by atomic mass is 10.2. The predicted octanol–water partition coefficient (Wildman–Crippen LogP) is 1.97. The summed E-state index contributed by atoms with van der Waals surface area (Å²) < 4.78 is 50.9. The monoisotopic (exact) mass is 359 g/mol. The molecule has 20 heavy (non-hydrogen) atoms. The van der Waals surface area contributed by atoms with Crippen LogP contribution in [0.25, 0.3) is 0 Å². The average molecular weight is 360 g/mol. The maximum atomic E-state index is 13.7. The van der Waals surface area contributed by atoms with Crippen molar-refractivity contribution in [3.63, 3.8) is 0 Å². The van der Waals surface area contributed by atoms with Crippen LogP contribution < -0.4 is 0 Å². The lowest BCUT2D eigenvalue weighted by molar-refractivity contribution is 0.438. The van der Waals surface area contributed by atoms with Crippen LogP contribution >= 0.6 is 23.2 Å². The second-order valence-electron chi connectivity index (χ2n) is 4.26. The Morgan fingerprint density at radius 2 is 1.90 bits per heavy atom. The van der Waals surface area contributed by atoms with Gasteiger partial charge < -0.3 is 0 Å². The minimum Gasteiger partial charge on any atom is -0.259 e. The number of halogens is 3. The molecule has 4 nitrogen and oxygen atoms in total. The Bertz CT molecular complexity index is 641. The first-order chi connectivity index (χ1) is 9.36. The zero-order chi connectivity index (χ0) is 14.9. The van der Waals surface area contributed by atoms with E-state index < -0.39 is 26.6 Å². The van der Waals surface area contributed by atoms with E-state index >= 15 is 0 Å². The van der Waals surface area contributed by atoms with Crippen LogP contribution in [0.4, 0.5) is 4.39 Å². The van der Waals surface area contributed by atoms with Gasteiger partial charge in [0.05, 0.1) is 9.92 Å². The second-order valence-corrected chi connectivity index (χ2v) is 8.54. The lowest BCUT2D eigenvalue weighted by Crippen LogP contribution is -2.41. The largest absolute Gasteiger partial charge is 0.259 e. The molecule has 0 spiro atoms. The summed E-state index contributed by atoms with van der Waals surface area (Å²) in [6, 6.07) is 2.17. The molecule has 0 amide bonds. The first-order valence-electron chi connectivity index (χ1n) is 5.75. The van der Waals surface area contributed by atoms with Crippen molar-refractivity contribution in [1.82, 2.24) is 4.31 Å². The van der Waals surface area contributed by atoms with Crippen LogP contribution in [0.3, 0.4) is 0 Å².